The summed E-state index contributed by atoms with van der Waals surface area (Å²) in [7, 11) is 0.500. The Kier molecular flexibility index (Phi) is 24.0. The lowest BCUT2D eigenvalue weighted by Crippen LogP contribution is -1.86. The quantitative estimate of drug-likeness (QED) is 0.433. The van der Waals surface area contributed by atoms with Crippen LogP contribution in [-0.4, -0.2) is 7.18 Å². The van der Waals surface area contributed by atoms with E-state index in [0.717, 1.165) is 0 Å². The summed E-state index contributed by atoms with van der Waals surface area (Å²) in [5, 5.41) is 0. The smallest absolute Gasteiger partial charge is 0.0785 e. The monoisotopic (exact) mass is 172 g/mol. The maximum Gasteiger partial charge on any atom is 0.0785 e. The minimum Gasteiger partial charge on any atom is -0.255 e. The van der Waals surface area contributed by atoms with E-state index in [1.165, 1.54) is 5.57 Å². The first-order valence-corrected chi connectivity index (χ1v) is 3.87. The van der Waals surface area contributed by atoms with Crippen molar-refractivity contribution in [3.05, 3.63) is 37.5 Å². The molecule has 0 bridgehead atoms. The number of hydrogen-bond donors (Lipinski definition) is 0. The molecular formula is C11H21F. The summed E-state index contributed by atoms with van der Waals surface area (Å²) >= 11 is 0. The van der Waals surface area contributed by atoms with E-state index in [1.54, 1.807) is 0 Å². The third-order valence-corrected chi connectivity index (χ3v) is 1.12. The van der Waals surface area contributed by atoms with Crippen LogP contribution < -0.4 is 0 Å². The number of alkyl halides is 1. The van der Waals surface area contributed by atoms with Gasteiger partial charge in [0.2, 0.25) is 0 Å². The van der Waals surface area contributed by atoms with Gasteiger partial charge in [-0.25, -0.2) is 0 Å². The fraction of sp³-hybridized carbons (Fsp3) is 0.455. The average molecular weight is 172 g/mol. The van der Waals surface area contributed by atoms with Gasteiger partial charge in [0.05, 0.1) is 7.18 Å². The van der Waals surface area contributed by atoms with Crippen molar-refractivity contribution in [3.63, 3.8) is 0 Å². The molecular weight excluding hydrogens is 151 g/mol. The van der Waals surface area contributed by atoms with Gasteiger partial charge < -0.3 is 0 Å². The third-order valence-electron chi connectivity index (χ3n) is 1.12. The van der Waals surface area contributed by atoms with Crippen LogP contribution in [0.5, 0.6) is 0 Å². The van der Waals surface area contributed by atoms with E-state index in [-0.39, 0.29) is 0 Å². The Labute approximate surface area is 76.5 Å². The minimum atomic E-state index is 0.500. The predicted octanol–water partition coefficient (Wildman–Crippen LogP) is 4.16. The van der Waals surface area contributed by atoms with Crippen LogP contribution in [-0.2, 0) is 0 Å². The molecule has 12 heavy (non-hydrogen) atoms. The fourth-order valence-electron chi connectivity index (χ4n) is 0.407. The topological polar surface area (TPSA) is 0 Å². The molecule has 0 heterocycles. The van der Waals surface area contributed by atoms with Crippen molar-refractivity contribution in [1.29, 1.82) is 0 Å². The highest BCUT2D eigenvalue weighted by molar-refractivity contribution is 5.15. The van der Waals surface area contributed by atoms with E-state index in [4.69, 9.17) is 0 Å². The van der Waals surface area contributed by atoms with Crippen LogP contribution in [0.4, 0.5) is 4.39 Å². The SMILES string of the molecule is C=C.C=C(/C=C\C)C(C)C.CF. The molecule has 72 valence electrons. The second-order valence-corrected chi connectivity index (χ2v) is 2.23. The molecule has 0 aromatic rings. The molecule has 0 amide bonds. The van der Waals surface area contributed by atoms with E-state index in [9.17, 15) is 4.39 Å². The molecule has 0 aliphatic heterocycles. The molecule has 0 N–H and O–H groups in total. The maximum atomic E-state index is 9.50. The summed E-state index contributed by atoms with van der Waals surface area (Å²) in [6.45, 7) is 16.1. The van der Waals surface area contributed by atoms with E-state index < -0.39 is 0 Å². The Morgan fingerprint density at radius 1 is 1.25 bits per heavy atom. The molecule has 0 rings (SSSR count). The number of hydrogen-bond acceptors (Lipinski definition) is 0. The van der Waals surface area contributed by atoms with Gasteiger partial charge in [0.1, 0.15) is 0 Å². The molecule has 1 heteroatoms. The molecule has 0 saturated heterocycles. The highest BCUT2D eigenvalue weighted by Crippen LogP contribution is 2.06. The van der Waals surface area contributed by atoms with Crippen molar-refractivity contribution >= 4 is 0 Å². The molecule has 0 atom stereocenters. The first-order chi connectivity index (χ1) is 5.68. The number of halogens is 1. The molecule has 0 unspecified atom stereocenters. The van der Waals surface area contributed by atoms with Crippen molar-refractivity contribution in [3.8, 4) is 0 Å². The summed E-state index contributed by atoms with van der Waals surface area (Å²) in [4.78, 5) is 0. The summed E-state index contributed by atoms with van der Waals surface area (Å²) in [5.74, 6) is 0.589. The van der Waals surface area contributed by atoms with Crippen molar-refractivity contribution in [2.45, 2.75) is 20.8 Å². The number of rotatable bonds is 2. The van der Waals surface area contributed by atoms with Gasteiger partial charge in [-0.1, -0.05) is 38.2 Å². The molecule has 0 fully saturated rings. The Hall–Kier alpha value is -0.850. The lowest BCUT2D eigenvalue weighted by atomic mass is 10.1. The van der Waals surface area contributed by atoms with E-state index in [2.05, 4.69) is 33.6 Å². The Morgan fingerprint density at radius 3 is 1.67 bits per heavy atom. The number of allylic oxidation sites excluding steroid dienone is 3. The summed E-state index contributed by atoms with van der Waals surface area (Å²) in [6, 6.07) is 0. The normalized spacial score (nSPS) is 8.17. The van der Waals surface area contributed by atoms with Gasteiger partial charge in [-0.05, 0) is 12.8 Å². The second kappa shape index (κ2) is 16.6. The fourth-order valence-corrected chi connectivity index (χ4v) is 0.407. The van der Waals surface area contributed by atoms with Crippen LogP contribution in [0.1, 0.15) is 20.8 Å². The Balaban J connectivity index is -0.000000175. The summed E-state index contributed by atoms with van der Waals surface area (Å²) < 4.78 is 9.50. The maximum absolute atomic E-state index is 9.50. The first-order valence-electron chi connectivity index (χ1n) is 3.87. The summed E-state index contributed by atoms with van der Waals surface area (Å²) in [6.07, 6.45) is 4.06. The lowest BCUT2D eigenvalue weighted by Gasteiger charge is -2.00. The Bertz CT molecular complexity index is 112. The van der Waals surface area contributed by atoms with E-state index in [0.29, 0.717) is 13.1 Å². The van der Waals surface area contributed by atoms with Gasteiger partial charge in [0.25, 0.3) is 0 Å². The van der Waals surface area contributed by atoms with Crippen LogP contribution in [0.3, 0.4) is 0 Å². The highest BCUT2D eigenvalue weighted by Gasteiger charge is 1.91. The van der Waals surface area contributed by atoms with Crippen LogP contribution >= 0.6 is 0 Å². The van der Waals surface area contributed by atoms with Crippen LogP contribution in [0, 0.1) is 5.92 Å². The molecule has 0 nitrogen and oxygen atoms in total. The van der Waals surface area contributed by atoms with E-state index in [1.807, 2.05) is 19.1 Å². The predicted molar refractivity (Wildman–Crippen MR) is 57.1 cm³/mol. The van der Waals surface area contributed by atoms with Gasteiger partial charge in [-0.3, -0.25) is 4.39 Å². The van der Waals surface area contributed by atoms with E-state index >= 15 is 0 Å². The van der Waals surface area contributed by atoms with Crippen molar-refractivity contribution in [2.24, 2.45) is 5.92 Å². The van der Waals surface area contributed by atoms with Crippen molar-refractivity contribution in [2.75, 3.05) is 7.18 Å². The molecule has 0 radical (unpaired) electrons. The molecule has 0 aromatic heterocycles. The van der Waals surface area contributed by atoms with Crippen LogP contribution in [0.25, 0.3) is 0 Å². The lowest BCUT2D eigenvalue weighted by molar-refractivity contribution is 0.636. The summed E-state index contributed by atoms with van der Waals surface area (Å²) in [5.41, 5.74) is 1.20. The van der Waals surface area contributed by atoms with Gasteiger partial charge >= 0.3 is 0 Å². The first kappa shape index (κ1) is 17.3. The highest BCUT2D eigenvalue weighted by atomic mass is 19.1. The van der Waals surface area contributed by atoms with Crippen molar-refractivity contribution in [1.82, 2.24) is 0 Å². The molecule has 0 aromatic carbocycles. The van der Waals surface area contributed by atoms with Gasteiger partial charge in [0.15, 0.2) is 0 Å². The zero-order chi connectivity index (χ0) is 10.6. The second-order valence-electron chi connectivity index (χ2n) is 2.23. The molecule has 0 aliphatic rings. The van der Waals surface area contributed by atoms with Crippen molar-refractivity contribution < 1.29 is 4.39 Å². The molecule has 0 saturated carbocycles. The Morgan fingerprint density at radius 2 is 1.58 bits per heavy atom. The van der Waals surface area contributed by atoms with Gasteiger partial charge in [0, 0.05) is 0 Å². The standard InChI is InChI=1S/C8H14.C2H4.CH3F/c1-5-6-8(4)7(2)3;2*1-2/h5-7H,4H2,1-3H3;1-2H2;1H3/b6-5-;;. The average Bonchev–Trinajstić information content (AvgIpc) is 2.12. The van der Waals surface area contributed by atoms with Gasteiger partial charge in [-0.15, -0.1) is 13.2 Å². The third kappa shape index (κ3) is 16.1. The minimum absolute atomic E-state index is 0.500. The zero-order valence-corrected chi connectivity index (χ0v) is 8.73. The van der Waals surface area contributed by atoms with Crippen LogP contribution in [0.15, 0.2) is 37.5 Å². The van der Waals surface area contributed by atoms with Crippen LogP contribution in [0.2, 0.25) is 0 Å². The zero-order valence-electron chi connectivity index (χ0n) is 8.73. The molecule has 0 spiro atoms. The van der Waals surface area contributed by atoms with Gasteiger partial charge in [-0.2, -0.15) is 0 Å². The molecule has 0 aliphatic carbocycles. The largest absolute Gasteiger partial charge is 0.255 e.